The van der Waals surface area contributed by atoms with E-state index in [0.717, 1.165) is 39.2 Å². The zero-order valence-corrected chi connectivity index (χ0v) is 20.8. The Labute approximate surface area is 213 Å². The molecule has 4 heterocycles. The number of aromatic nitrogens is 5. The fourth-order valence-electron chi connectivity index (χ4n) is 4.81. The normalized spacial score (nSPS) is 14.1. The number of pyridine rings is 1. The molecular formula is C27H24ClN7O. The summed E-state index contributed by atoms with van der Waals surface area (Å²) in [6, 6.07) is 18.0. The number of anilines is 1. The SMILES string of the molecule is Cc1nn(C)c2ncc(C(=O)N3CCN(c4nc5ccccc5nc4-c4ccccc4)CC3)c(Cl)c12. The molecule has 0 bridgehead atoms. The van der Waals surface area contributed by atoms with Crippen molar-refractivity contribution in [2.45, 2.75) is 6.92 Å². The molecule has 180 valence electrons. The summed E-state index contributed by atoms with van der Waals surface area (Å²) in [5.41, 5.74) is 5.40. The number of carbonyl (C=O) groups is 1. The summed E-state index contributed by atoms with van der Waals surface area (Å²) in [7, 11) is 1.82. The van der Waals surface area contributed by atoms with Gasteiger partial charge in [0.05, 0.1) is 32.7 Å². The van der Waals surface area contributed by atoms with E-state index >= 15 is 0 Å². The number of aryl methyl sites for hydroxylation is 2. The molecule has 0 N–H and O–H groups in total. The van der Waals surface area contributed by atoms with Gasteiger partial charge in [-0.05, 0) is 19.1 Å². The van der Waals surface area contributed by atoms with Crippen LogP contribution in [0.15, 0.2) is 60.8 Å². The minimum Gasteiger partial charge on any atom is -0.351 e. The van der Waals surface area contributed by atoms with E-state index in [1.807, 2.05) is 73.5 Å². The van der Waals surface area contributed by atoms with Crippen molar-refractivity contribution in [2.75, 3.05) is 31.1 Å². The molecule has 1 aliphatic rings. The number of halogens is 1. The standard InChI is InChI=1S/C27H24ClN7O/c1-17-22-23(28)19(16-29-25(22)33(2)32-17)27(36)35-14-12-34(13-15-35)26-24(18-8-4-3-5-9-18)30-20-10-6-7-11-21(20)31-26/h3-11,16H,12-15H2,1-2H3. The summed E-state index contributed by atoms with van der Waals surface area (Å²) >= 11 is 6.67. The summed E-state index contributed by atoms with van der Waals surface area (Å²) in [5, 5.41) is 5.52. The van der Waals surface area contributed by atoms with E-state index in [-0.39, 0.29) is 5.91 Å². The third-order valence-electron chi connectivity index (χ3n) is 6.66. The van der Waals surface area contributed by atoms with Gasteiger partial charge in [-0.15, -0.1) is 0 Å². The number of amides is 1. The number of rotatable bonds is 3. The second-order valence-electron chi connectivity index (χ2n) is 8.92. The average Bonchev–Trinajstić information content (AvgIpc) is 3.22. The molecule has 8 nitrogen and oxygen atoms in total. The first-order chi connectivity index (χ1) is 17.5. The molecular weight excluding hydrogens is 474 g/mol. The van der Waals surface area contributed by atoms with Gasteiger partial charge in [-0.3, -0.25) is 9.48 Å². The van der Waals surface area contributed by atoms with E-state index in [1.54, 1.807) is 10.9 Å². The number of nitrogens with zero attached hydrogens (tertiary/aromatic N) is 7. The highest BCUT2D eigenvalue weighted by atomic mass is 35.5. The van der Waals surface area contributed by atoms with Gasteiger partial charge in [-0.1, -0.05) is 54.1 Å². The zero-order chi connectivity index (χ0) is 24.8. The molecule has 0 atom stereocenters. The minimum absolute atomic E-state index is 0.120. The number of para-hydroxylation sites is 2. The Kier molecular flexibility index (Phi) is 5.53. The molecule has 0 saturated carbocycles. The predicted octanol–water partition coefficient (Wildman–Crippen LogP) is 4.50. The molecule has 1 amide bonds. The highest BCUT2D eigenvalue weighted by Gasteiger charge is 2.28. The Morgan fingerprint density at radius 3 is 2.31 bits per heavy atom. The highest BCUT2D eigenvalue weighted by molar-refractivity contribution is 6.38. The molecule has 0 radical (unpaired) electrons. The van der Waals surface area contributed by atoms with E-state index in [2.05, 4.69) is 15.0 Å². The van der Waals surface area contributed by atoms with Crippen molar-refractivity contribution in [2.24, 2.45) is 7.05 Å². The Morgan fingerprint density at radius 2 is 1.58 bits per heavy atom. The number of hydrogen-bond acceptors (Lipinski definition) is 6. The summed E-state index contributed by atoms with van der Waals surface area (Å²) in [6.45, 7) is 4.23. The monoisotopic (exact) mass is 497 g/mol. The van der Waals surface area contributed by atoms with Gasteiger partial charge in [0.15, 0.2) is 11.5 Å². The van der Waals surface area contributed by atoms with Crippen LogP contribution in [0.2, 0.25) is 5.02 Å². The van der Waals surface area contributed by atoms with Gasteiger partial charge < -0.3 is 9.80 Å². The van der Waals surface area contributed by atoms with E-state index < -0.39 is 0 Å². The molecule has 6 rings (SSSR count). The van der Waals surface area contributed by atoms with Crippen molar-refractivity contribution in [3.05, 3.63) is 77.1 Å². The smallest absolute Gasteiger partial charge is 0.257 e. The van der Waals surface area contributed by atoms with Crippen LogP contribution in [0.3, 0.4) is 0 Å². The molecule has 2 aromatic carbocycles. The number of benzene rings is 2. The van der Waals surface area contributed by atoms with Gasteiger partial charge in [-0.2, -0.15) is 5.10 Å². The van der Waals surface area contributed by atoms with E-state index in [1.165, 1.54) is 0 Å². The van der Waals surface area contributed by atoms with Gasteiger partial charge in [-0.25, -0.2) is 15.0 Å². The second kappa shape index (κ2) is 8.87. The zero-order valence-electron chi connectivity index (χ0n) is 20.0. The maximum absolute atomic E-state index is 13.4. The number of piperazine rings is 1. The van der Waals surface area contributed by atoms with Crippen molar-refractivity contribution < 1.29 is 4.79 Å². The van der Waals surface area contributed by atoms with Crippen molar-refractivity contribution in [3.8, 4) is 11.3 Å². The van der Waals surface area contributed by atoms with Crippen LogP contribution in [0.5, 0.6) is 0 Å². The molecule has 0 aliphatic carbocycles. The van der Waals surface area contributed by atoms with E-state index in [4.69, 9.17) is 21.6 Å². The van der Waals surface area contributed by atoms with Crippen LogP contribution in [0, 0.1) is 6.92 Å². The summed E-state index contributed by atoms with van der Waals surface area (Å²) in [6.07, 6.45) is 1.56. The lowest BCUT2D eigenvalue weighted by Gasteiger charge is -2.36. The van der Waals surface area contributed by atoms with Crippen molar-refractivity contribution >= 4 is 45.4 Å². The van der Waals surface area contributed by atoms with Crippen molar-refractivity contribution in [1.82, 2.24) is 29.6 Å². The first-order valence-electron chi connectivity index (χ1n) is 11.9. The minimum atomic E-state index is -0.120. The first kappa shape index (κ1) is 22.4. The maximum atomic E-state index is 13.4. The van der Waals surface area contributed by atoms with Gasteiger partial charge in [0.1, 0.15) is 5.69 Å². The fourth-order valence-corrected chi connectivity index (χ4v) is 5.16. The third kappa shape index (κ3) is 3.74. The molecule has 36 heavy (non-hydrogen) atoms. The molecule has 5 aromatic rings. The Hall–Kier alpha value is -4.04. The largest absolute Gasteiger partial charge is 0.351 e. The lowest BCUT2D eigenvalue weighted by Crippen LogP contribution is -2.49. The van der Waals surface area contributed by atoms with Gasteiger partial charge in [0.25, 0.3) is 5.91 Å². The Bertz CT molecular complexity index is 1610. The van der Waals surface area contributed by atoms with Gasteiger partial charge in [0, 0.05) is 45.0 Å². The van der Waals surface area contributed by atoms with Crippen molar-refractivity contribution in [1.29, 1.82) is 0 Å². The fraction of sp³-hybridized carbons (Fsp3) is 0.222. The summed E-state index contributed by atoms with van der Waals surface area (Å²) in [5.74, 6) is 0.712. The van der Waals surface area contributed by atoms with Crippen LogP contribution >= 0.6 is 11.6 Å². The topological polar surface area (TPSA) is 80.0 Å². The van der Waals surface area contributed by atoms with Crippen molar-refractivity contribution in [3.63, 3.8) is 0 Å². The first-order valence-corrected chi connectivity index (χ1v) is 12.2. The van der Waals surface area contributed by atoms with Crippen LogP contribution in [0.1, 0.15) is 16.1 Å². The molecule has 1 aliphatic heterocycles. The van der Waals surface area contributed by atoms with Crippen LogP contribution in [-0.4, -0.2) is 61.7 Å². The van der Waals surface area contributed by atoms with Crippen LogP contribution in [0.4, 0.5) is 5.82 Å². The molecule has 1 fully saturated rings. The quantitative estimate of drug-likeness (QED) is 0.365. The Morgan fingerprint density at radius 1 is 0.917 bits per heavy atom. The average molecular weight is 498 g/mol. The molecule has 0 spiro atoms. The Balaban J connectivity index is 1.29. The van der Waals surface area contributed by atoms with Gasteiger partial charge >= 0.3 is 0 Å². The van der Waals surface area contributed by atoms with Crippen LogP contribution < -0.4 is 4.90 Å². The molecule has 9 heteroatoms. The summed E-state index contributed by atoms with van der Waals surface area (Å²) < 4.78 is 1.68. The maximum Gasteiger partial charge on any atom is 0.257 e. The number of hydrogen-bond donors (Lipinski definition) is 0. The number of carbonyl (C=O) groups excluding carboxylic acids is 1. The van der Waals surface area contributed by atoms with Crippen LogP contribution in [0.25, 0.3) is 33.3 Å². The lowest BCUT2D eigenvalue weighted by atomic mass is 10.1. The highest BCUT2D eigenvalue weighted by Crippen LogP contribution is 2.32. The van der Waals surface area contributed by atoms with E-state index in [9.17, 15) is 4.79 Å². The second-order valence-corrected chi connectivity index (χ2v) is 9.30. The lowest BCUT2D eigenvalue weighted by molar-refractivity contribution is 0.0746. The number of fused-ring (bicyclic) bond motifs is 2. The molecule has 1 saturated heterocycles. The third-order valence-corrected chi connectivity index (χ3v) is 7.05. The molecule has 3 aromatic heterocycles. The van der Waals surface area contributed by atoms with Gasteiger partial charge in [0.2, 0.25) is 0 Å². The predicted molar refractivity (Wildman–Crippen MR) is 141 cm³/mol. The van der Waals surface area contributed by atoms with E-state index in [0.29, 0.717) is 42.4 Å². The molecule has 0 unspecified atom stereocenters. The van der Waals surface area contributed by atoms with Crippen LogP contribution in [-0.2, 0) is 7.05 Å². The summed E-state index contributed by atoms with van der Waals surface area (Å²) in [4.78, 5) is 31.8.